The van der Waals surface area contributed by atoms with Crippen LogP contribution in [0.4, 0.5) is 4.39 Å². The summed E-state index contributed by atoms with van der Waals surface area (Å²) < 4.78 is 18.5. The van der Waals surface area contributed by atoms with Gasteiger partial charge in [0, 0.05) is 6.42 Å². The molecule has 0 amide bonds. The molecule has 94 valence electrons. The highest BCUT2D eigenvalue weighted by Crippen LogP contribution is 2.15. The van der Waals surface area contributed by atoms with Crippen LogP contribution in [0.15, 0.2) is 54.6 Å². The van der Waals surface area contributed by atoms with Gasteiger partial charge in [-0.05, 0) is 30.2 Å². The minimum atomic E-state index is -0.805. The molecule has 0 saturated carbocycles. The van der Waals surface area contributed by atoms with Crippen LogP contribution in [0, 0.1) is 0 Å². The van der Waals surface area contributed by atoms with E-state index in [0.717, 1.165) is 16.9 Å². The Morgan fingerprint density at radius 2 is 1.61 bits per heavy atom. The van der Waals surface area contributed by atoms with Crippen molar-refractivity contribution < 1.29 is 9.13 Å². The Morgan fingerprint density at radius 3 is 2.22 bits per heavy atom. The summed E-state index contributed by atoms with van der Waals surface area (Å²) in [4.78, 5) is 0. The van der Waals surface area contributed by atoms with E-state index in [-0.39, 0.29) is 0 Å². The molecule has 2 heteroatoms. The summed E-state index contributed by atoms with van der Waals surface area (Å²) in [6.07, 6.45) is -0.347. The average molecular weight is 244 g/mol. The van der Waals surface area contributed by atoms with Crippen molar-refractivity contribution in [3.63, 3.8) is 0 Å². The van der Waals surface area contributed by atoms with Crippen LogP contribution in [0.2, 0.25) is 0 Å². The number of halogens is 1. The van der Waals surface area contributed by atoms with Gasteiger partial charge in [-0.2, -0.15) is 0 Å². The molecule has 1 atom stereocenters. The summed E-state index contributed by atoms with van der Waals surface area (Å²) in [5.74, 6) is 0.814. The smallest absolute Gasteiger partial charge is 0.119 e. The van der Waals surface area contributed by atoms with E-state index in [0.29, 0.717) is 13.0 Å². The zero-order valence-electron chi connectivity index (χ0n) is 10.5. The maximum atomic E-state index is 12.8. The van der Waals surface area contributed by atoms with Crippen LogP contribution in [0.5, 0.6) is 5.75 Å². The number of alkyl halides is 1. The molecule has 0 fully saturated rings. The molecule has 2 rings (SSSR count). The molecule has 1 unspecified atom stereocenters. The SMILES string of the molecule is CC(F)Cc1ccc(OCc2ccccc2)cc1. The molecule has 0 spiro atoms. The summed E-state index contributed by atoms with van der Waals surface area (Å²) in [5, 5.41) is 0. The molecule has 1 nitrogen and oxygen atoms in total. The van der Waals surface area contributed by atoms with Gasteiger partial charge in [-0.3, -0.25) is 0 Å². The number of benzene rings is 2. The quantitative estimate of drug-likeness (QED) is 0.767. The van der Waals surface area contributed by atoms with Gasteiger partial charge < -0.3 is 4.74 Å². The molecule has 0 aliphatic rings. The van der Waals surface area contributed by atoms with E-state index in [1.165, 1.54) is 0 Å². The zero-order chi connectivity index (χ0) is 12.8. The summed E-state index contributed by atoms with van der Waals surface area (Å²) in [5.41, 5.74) is 2.14. The van der Waals surface area contributed by atoms with Crippen molar-refractivity contribution in [2.45, 2.75) is 26.1 Å². The molecule has 0 aliphatic carbocycles. The molecule has 0 saturated heterocycles. The van der Waals surface area contributed by atoms with Crippen LogP contribution < -0.4 is 4.74 Å². The largest absolute Gasteiger partial charge is 0.489 e. The second-order valence-electron chi connectivity index (χ2n) is 4.40. The van der Waals surface area contributed by atoms with Crippen LogP contribution in [0.25, 0.3) is 0 Å². The Morgan fingerprint density at radius 1 is 0.944 bits per heavy atom. The lowest BCUT2D eigenvalue weighted by Crippen LogP contribution is -1.99. The van der Waals surface area contributed by atoms with Gasteiger partial charge in [0.05, 0.1) is 0 Å². The van der Waals surface area contributed by atoms with E-state index in [9.17, 15) is 4.39 Å². The third-order valence-electron chi connectivity index (χ3n) is 2.69. The van der Waals surface area contributed by atoms with Gasteiger partial charge in [0.2, 0.25) is 0 Å². The summed E-state index contributed by atoms with van der Waals surface area (Å²) in [6, 6.07) is 17.6. The molecular formula is C16H17FO. The van der Waals surface area contributed by atoms with Crippen molar-refractivity contribution in [3.8, 4) is 5.75 Å². The fourth-order valence-electron chi connectivity index (χ4n) is 1.79. The first kappa shape index (κ1) is 12.6. The van der Waals surface area contributed by atoms with Crippen LogP contribution in [0.3, 0.4) is 0 Å². The maximum absolute atomic E-state index is 12.8. The number of rotatable bonds is 5. The predicted octanol–water partition coefficient (Wildman–Crippen LogP) is 4.17. The Hall–Kier alpha value is -1.83. The van der Waals surface area contributed by atoms with Crippen molar-refractivity contribution in [2.75, 3.05) is 0 Å². The van der Waals surface area contributed by atoms with E-state index in [4.69, 9.17) is 4.74 Å². The first-order valence-corrected chi connectivity index (χ1v) is 6.14. The summed E-state index contributed by atoms with van der Waals surface area (Å²) >= 11 is 0. The van der Waals surface area contributed by atoms with Crippen LogP contribution in [-0.2, 0) is 13.0 Å². The standard InChI is InChI=1S/C16H17FO/c1-13(17)11-14-7-9-16(10-8-14)18-12-15-5-3-2-4-6-15/h2-10,13H,11-12H2,1H3. The number of hydrogen-bond donors (Lipinski definition) is 0. The Kier molecular flexibility index (Phi) is 4.35. The van der Waals surface area contributed by atoms with Crippen molar-refractivity contribution in [2.24, 2.45) is 0 Å². The topological polar surface area (TPSA) is 9.23 Å². The summed E-state index contributed by atoms with van der Waals surface area (Å²) in [6.45, 7) is 2.12. The highest BCUT2D eigenvalue weighted by molar-refractivity contribution is 5.28. The van der Waals surface area contributed by atoms with E-state index < -0.39 is 6.17 Å². The zero-order valence-corrected chi connectivity index (χ0v) is 10.5. The van der Waals surface area contributed by atoms with Crippen molar-refractivity contribution in [1.82, 2.24) is 0 Å². The Balaban J connectivity index is 1.90. The predicted molar refractivity (Wildman–Crippen MR) is 71.5 cm³/mol. The van der Waals surface area contributed by atoms with Gasteiger partial charge in [-0.25, -0.2) is 4.39 Å². The average Bonchev–Trinajstić information content (AvgIpc) is 2.38. The van der Waals surface area contributed by atoms with Gasteiger partial charge >= 0.3 is 0 Å². The molecule has 0 aliphatic heterocycles. The molecule has 2 aromatic carbocycles. The molecule has 0 radical (unpaired) electrons. The lowest BCUT2D eigenvalue weighted by Gasteiger charge is -2.07. The molecule has 2 aromatic rings. The monoisotopic (exact) mass is 244 g/mol. The lowest BCUT2D eigenvalue weighted by molar-refractivity contribution is 0.306. The minimum absolute atomic E-state index is 0.457. The Labute approximate surface area is 107 Å². The van der Waals surface area contributed by atoms with Crippen molar-refractivity contribution in [1.29, 1.82) is 0 Å². The molecule has 0 aromatic heterocycles. The van der Waals surface area contributed by atoms with Gasteiger partial charge in [0.15, 0.2) is 0 Å². The van der Waals surface area contributed by atoms with Gasteiger partial charge in [0.1, 0.15) is 18.5 Å². The van der Waals surface area contributed by atoms with Crippen LogP contribution >= 0.6 is 0 Å². The molecule has 0 N–H and O–H groups in total. The first-order valence-electron chi connectivity index (χ1n) is 6.14. The number of hydrogen-bond acceptors (Lipinski definition) is 1. The van der Waals surface area contributed by atoms with E-state index in [1.807, 2.05) is 54.6 Å². The summed E-state index contributed by atoms with van der Waals surface area (Å²) in [7, 11) is 0. The van der Waals surface area contributed by atoms with E-state index in [1.54, 1.807) is 6.92 Å². The highest BCUT2D eigenvalue weighted by atomic mass is 19.1. The third kappa shape index (κ3) is 3.88. The van der Waals surface area contributed by atoms with Crippen LogP contribution in [-0.4, -0.2) is 6.17 Å². The van der Waals surface area contributed by atoms with Gasteiger partial charge in [-0.1, -0.05) is 42.5 Å². The lowest BCUT2D eigenvalue weighted by atomic mass is 10.1. The fraction of sp³-hybridized carbons (Fsp3) is 0.250. The number of ether oxygens (including phenoxy) is 1. The van der Waals surface area contributed by atoms with Crippen molar-refractivity contribution in [3.05, 3.63) is 65.7 Å². The second kappa shape index (κ2) is 6.20. The van der Waals surface area contributed by atoms with Gasteiger partial charge in [-0.15, -0.1) is 0 Å². The molecular weight excluding hydrogens is 227 g/mol. The van der Waals surface area contributed by atoms with E-state index in [2.05, 4.69) is 0 Å². The second-order valence-corrected chi connectivity index (χ2v) is 4.40. The third-order valence-corrected chi connectivity index (χ3v) is 2.69. The highest BCUT2D eigenvalue weighted by Gasteiger charge is 2.01. The molecule has 0 heterocycles. The fourth-order valence-corrected chi connectivity index (χ4v) is 1.79. The van der Waals surface area contributed by atoms with Gasteiger partial charge in [0.25, 0.3) is 0 Å². The van der Waals surface area contributed by atoms with E-state index >= 15 is 0 Å². The first-order chi connectivity index (χ1) is 8.74. The Bertz CT molecular complexity index is 462. The molecule has 0 bridgehead atoms. The molecule has 18 heavy (non-hydrogen) atoms. The van der Waals surface area contributed by atoms with Crippen LogP contribution in [0.1, 0.15) is 18.1 Å². The van der Waals surface area contributed by atoms with Crippen molar-refractivity contribution >= 4 is 0 Å². The normalized spacial score (nSPS) is 12.1. The maximum Gasteiger partial charge on any atom is 0.119 e. The minimum Gasteiger partial charge on any atom is -0.489 e.